The smallest absolute Gasteiger partial charge is 0.309 e. The van der Waals surface area contributed by atoms with Crippen molar-refractivity contribution in [3.8, 4) is 28.3 Å². The van der Waals surface area contributed by atoms with Gasteiger partial charge in [-0.15, -0.1) is 0 Å². The molecule has 0 aliphatic heterocycles. The zero-order chi connectivity index (χ0) is 45.1. The van der Waals surface area contributed by atoms with Gasteiger partial charge >= 0.3 is 5.97 Å². The molecule has 224 valence electrons. The van der Waals surface area contributed by atoms with Crippen LogP contribution < -0.4 is 4.89 Å². The molecule has 8 heteroatoms. The molecule has 0 unspecified atom stereocenters. The number of benzene rings is 6. The summed E-state index contributed by atoms with van der Waals surface area (Å²) < 4.78 is 139. The van der Waals surface area contributed by atoms with Gasteiger partial charge in [-0.2, -0.15) is 10.1 Å². The van der Waals surface area contributed by atoms with Crippen molar-refractivity contribution < 1.29 is 51.7 Å². The van der Waals surface area contributed by atoms with Gasteiger partial charge < -0.3 is 14.0 Å². The van der Waals surface area contributed by atoms with E-state index in [0.29, 0.717) is 0 Å². The number of carbonyl (C=O) groups is 1. The average Bonchev–Trinajstić information content (AvgIpc) is 3.83. The zero-order valence-corrected chi connectivity index (χ0v) is 23.3. The van der Waals surface area contributed by atoms with Crippen LogP contribution in [0.4, 0.5) is 0 Å². The van der Waals surface area contributed by atoms with Crippen LogP contribution in [-0.2, 0) is 14.8 Å². The fourth-order valence-corrected chi connectivity index (χ4v) is 5.49. The highest BCUT2D eigenvalue weighted by molar-refractivity contribution is 6.10. The van der Waals surface area contributed by atoms with Crippen LogP contribution in [-0.4, -0.2) is 27.5 Å². The normalized spacial score (nSPS) is 16.4. The summed E-state index contributed by atoms with van der Waals surface area (Å²) in [6.07, 6.45) is 0. The van der Waals surface area contributed by atoms with E-state index in [1.165, 1.54) is 34.9 Å². The van der Waals surface area contributed by atoms with Crippen molar-refractivity contribution >= 4 is 49.6 Å². The van der Waals surface area contributed by atoms with E-state index < -0.39 is 108 Å². The van der Waals surface area contributed by atoms with E-state index in [0.717, 1.165) is 17.7 Å². The van der Waals surface area contributed by atoms with Gasteiger partial charge in [0.05, 0.1) is 62.4 Å². The molecule has 0 bridgehead atoms. The molecular formula is C38H26N2O6. The molecule has 6 aromatic carbocycles. The molecule has 1 N–H and O–H groups in total. The fraction of sp³-hybridized carbons (Fsp3) is 0.0263. The maximum Gasteiger partial charge on any atom is 0.373 e. The molecule has 0 atom stereocenters. The highest BCUT2D eigenvalue weighted by atomic mass is 17.5. The monoisotopic (exact) mass is 622 g/mol. The summed E-state index contributed by atoms with van der Waals surface area (Å²) in [5, 5.41) is 13.7. The molecule has 8 aromatic rings. The van der Waals surface area contributed by atoms with E-state index >= 15 is 0 Å². The summed E-state index contributed by atoms with van der Waals surface area (Å²) in [4.78, 5) is 27.7. The summed E-state index contributed by atoms with van der Waals surface area (Å²) in [6, 6.07) is -2.18. The molecule has 0 fully saturated rings. The SMILES string of the molecule is [2H]c1c([2H])c([2H])c2c(c1[2H])c1c([2H])c([2H])c([2H])c([2H])c1n2-c1ccc(-c2ccc(-n3c4c([2H])c([2H])c([2H])c([2H])c4c4c([2H])c([2H])c([2H])c([2H])c43)cc2C(=O)OO)c(OOOC)c1. The number of aromatic nitrogens is 2. The Balaban J connectivity index is 1.44. The van der Waals surface area contributed by atoms with Crippen LogP contribution in [0, 0.1) is 0 Å². The van der Waals surface area contributed by atoms with Crippen molar-refractivity contribution in [2.24, 2.45) is 0 Å². The predicted molar refractivity (Wildman–Crippen MR) is 177 cm³/mol. The van der Waals surface area contributed by atoms with Crippen molar-refractivity contribution in [3.05, 3.63) is 139 Å². The van der Waals surface area contributed by atoms with Gasteiger partial charge in [-0.05, 0) is 53.5 Å². The number of fused-ring (bicyclic) bond motifs is 6. The third kappa shape index (κ3) is 4.32. The van der Waals surface area contributed by atoms with E-state index in [-0.39, 0.29) is 71.9 Å². The first-order chi connectivity index (χ1) is 29.3. The lowest BCUT2D eigenvalue weighted by Crippen LogP contribution is -2.07. The fourth-order valence-electron chi connectivity index (χ4n) is 5.49. The summed E-state index contributed by atoms with van der Waals surface area (Å²) in [5.41, 5.74) is -1.49. The molecule has 8 nitrogen and oxygen atoms in total. The Kier molecular flexibility index (Phi) is 3.75. The zero-order valence-electron chi connectivity index (χ0n) is 39.3. The quantitative estimate of drug-likeness (QED) is 0.141. The molecule has 0 radical (unpaired) electrons. The Bertz CT molecular complexity index is 3180. The molecule has 0 aliphatic carbocycles. The van der Waals surface area contributed by atoms with Crippen molar-refractivity contribution in [2.75, 3.05) is 7.11 Å². The van der Waals surface area contributed by atoms with Crippen LogP contribution in [0.25, 0.3) is 66.1 Å². The second-order valence-electron chi connectivity index (χ2n) is 9.67. The lowest BCUT2D eigenvalue weighted by atomic mass is 9.97. The Labute approximate surface area is 285 Å². The molecule has 0 spiro atoms. The van der Waals surface area contributed by atoms with Gasteiger partial charge in [-0.3, -0.25) is 4.89 Å². The Morgan fingerprint density at radius 3 is 1.52 bits per heavy atom. The van der Waals surface area contributed by atoms with Crippen LogP contribution in [0.3, 0.4) is 0 Å². The lowest BCUT2D eigenvalue weighted by molar-refractivity contribution is -0.453. The number of hydrogen-bond acceptors (Lipinski definition) is 6. The number of carbonyl (C=O) groups excluding carboxylic acids is 1. The molecule has 0 saturated heterocycles. The standard InChI is InChI=1S/C38H26N2O6/c1-43-46-45-37-23-25(40-35-16-8-4-12-29(35)30-13-5-9-17-36(30)40)19-21-31(37)26-20-18-24(22-32(26)38(41)44-42)39-33-14-6-2-10-27(33)28-11-3-7-15-34(28)39/h2-23,42H,1H3/i2D,3D,4D,5D,6D,7D,8D,9D,10D,11D,12D,13D,14D,15D,16D,17D. The largest absolute Gasteiger partial charge is 0.373 e. The van der Waals surface area contributed by atoms with Crippen molar-refractivity contribution in [1.82, 2.24) is 9.13 Å². The Morgan fingerprint density at radius 2 is 1.07 bits per heavy atom. The molecule has 8 rings (SSSR count). The van der Waals surface area contributed by atoms with Gasteiger partial charge in [0.1, 0.15) is 0 Å². The highest BCUT2D eigenvalue weighted by Crippen LogP contribution is 2.40. The molecule has 0 amide bonds. The molecule has 2 aromatic heterocycles. The average molecular weight is 623 g/mol. The number of para-hydroxylation sites is 4. The second-order valence-corrected chi connectivity index (χ2v) is 9.67. The van der Waals surface area contributed by atoms with Crippen molar-refractivity contribution in [1.29, 1.82) is 0 Å². The highest BCUT2D eigenvalue weighted by Gasteiger charge is 2.22. The van der Waals surface area contributed by atoms with Crippen molar-refractivity contribution in [3.63, 3.8) is 0 Å². The van der Waals surface area contributed by atoms with Crippen LogP contribution in [0.5, 0.6) is 5.75 Å². The molecule has 2 heterocycles. The van der Waals surface area contributed by atoms with E-state index in [1.807, 2.05) is 0 Å². The van der Waals surface area contributed by atoms with Gasteiger partial charge in [0.2, 0.25) is 0 Å². The van der Waals surface area contributed by atoms with Crippen LogP contribution in [0.2, 0.25) is 0 Å². The topological polar surface area (TPSA) is 84.1 Å². The van der Waals surface area contributed by atoms with Crippen LogP contribution in [0.1, 0.15) is 32.3 Å². The number of rotatable bonds is 7. The number of nitrogens with zero attached hydrogens (tertiary/aromatic N) is 2. The third-order valence-corrected chi connectivity index (χ3v) is 7.33. The first-order valence-electron chi connectivity index (χ1n) is 21.4. The van der Waals surface area contributed by atoms with Crippen molar-refractivity contribution in [2.45, 2.75) is 0 Å². The second kappa shape index (κ2) is 11.2. The Morgan fingerprint density at radius 1 is 0.630 bits per heavy atom. The van der Waals surface area contributed by atoms with Gasteiger partial charge in [-0.1, -0.05) is 78.6 Å². The third-order valence-electron chi connectivity index (χ3n) is 7.33. The van der Waals surface area contributed by atoms with Gasteiger partial charge in [-0.25, -0.2) is 4.79 Å². The van der Waals surface area contributed by atoms with Gasteiger partial charge in [0.15, 0.2) is 5.75 Å². The minimum absolute atomic E-state index is 0.00613. The van der Waals surface area contributed by atoms with E-state index in [1.54, 1.807) is 0 Å². The van der Waals surface area contributed by atoms with Gasteiger partial charge in [0.25, 0.3) is 0 Å². The summed E-state index contributed by atoms with van der Waals surface area (Å²) in [6.45, 7) is 0. The maximum absolute atomic E-state index is 13.5. The van der Waals surface area contributed by atoms with E-state index in [2.05, 4.69) is 9.78 Å². The minimum atomic E-state index is -1.37. The molecule has 0 aliphatic rings. The molecule has 46 heavy (non-hydrogen) atoms. The first kappa shape index (κ1) is 15.4. The first-order valence-corrected chi connectivity index (χ1v) is 13.4. The van der Waals surface area contributed by atoms with E-state index in [9.17, 15) is 10.1 Å². The number of hydrogen-bond donors (Lipinski definition) is 1. The summed E-state index contributed by atoms with van der Waals surface area (Å²) in [5.74, 6) is -1.65. The molecule has 0 saturated carbocycles. The Hall–Kier alpha value is -5.93. The summed E-state index contributed by atoms with van der Waals surface area (Å²) in [7, 11) is 1.10. The summed E-state index contributed by atoms with van der Waals surface area (Å²) >= 11 is 0. The molecular weight excluding hydrogens is 580 g/mol. The minimum Gasteiger partial charge on any atom is -0.309 e. The van der Waals surface area contributed by atoms with E-state index in [4.69, 9.17) is 31.9 Å². The van der Waals surface area contributed by atoms with Crippen LogP contribution >= 0.6 is 0 Å². The van der Waals surface area contributed by atoms with Gasteiger partial charge in [0, 0.05) is 44.4 Å². The van der Waals surface area contributed by atoms with Crippen LogP contribution in [0.15, 0.2) is 133 Å². The lowest BCUT2D eigenvalue weighted by Gasteiger charge is -2.16. The maximum atomic E-state index is 13.5. The predicted octanol–water partition coefficient (Wildman–Crippen LogP) is 9.05.